The number of aliphatic hydroxyl groups excluding tert-OH is 1. The fourth-order valence-electron chi connectivity index (χ4n) is 16.1. The predicted octanol–water partition coefficient (Wildman–Crippen LogP) is 6.57. The third kappa shape index (κ3) is 6.25. The minimum atomic E-state index is -0.489. The van der Waals surface area contributed by atoms with Gasteiger partial charge in [0, 0.05) is 32.2 Å². The number of halogens is 2. The van der Waals surface area contributed by atoms with Crippen LogP contribution in [0.3, 0.4) is 0 Å². The number of nitrogens with one attached hydrogen (secondary N) is 2. The maximum atomic E-state index is 15.2. The van der Waals surface area contributed by atoms with Gasteiger partial charge in [0.1, 0.15) is 24.1 Å². The Morgan fingerprint density at radius 1 is 0.824 bits per heavy atom. The smallest absolute Gasteiger partial charge is 0.332 e. The van der Waals surface area contributed by atoms with Crippen molar-refractivity contribution in [3.8, 4) is 0 Å². The van der Waals surface area contributed by atoms with E-state index >= 15 is 4.79 Å². The van der Waals surface area contributed by atoms with Crippen LogP contribution in [0.2, 0.25) is 5.02 Å². The van der Waals surface area contributed by atoms with Crippen molar-refractivity contribution in [2.24, 2.45) is 47.5 Å². The number of anilines is 3. The maximum absolute atomic E-state index is 15.2. The van der Waals surface area contributed by atoms with E-state index in [1.165, 1.54) is 6.33 Å². The number of hydrogen-bond acceptors (Lipinski definition) is 13. The van der Waals surface area contributed by atoms with Crippen molar-refractivity contribution in [3.63, 3.8) is 0 Å². The Bertz CT molecular complexity index is 3270. The van der Waals surface area contributed by atoms with Gasteiger partial charge in [-0.2, -0.15) is 15.1 Å². The Morgan fingerprint density at radius 3 is 2.19 bits per heavy atom. The molecule has 18 nitrogen and oxygen atoms in total. The average Bonchev–Trinajstić information content (AvgIpc) is 4.07. The van der Waals surface area contributed by atoms with Crippen molar-refractivity contribution in [3.05, 3.63) is 79.9 Å². The lowest BCUT2D eigenvalue weighted by molar-refractivity contribution is -0.139. The summed E-state index contributed by atoms with van der Waals surface area (Å²) in [4.78, 5) is 53.4. The first-order chi connectivity index (χ1) is 32.9. The molecule has 9 fully saturated rings. The number of aliphatic hydroxyl groups is 1. The third-order valence-corrected chi connectivity index (χ3v) is 18.3. The second-order valence-corrected chi connectivity index (χ2v) is 23.1. The van der Waals surface area contributed by atoms with Crippen molar-refractivity contribution in [1.82, 2.24) is 52.8 Å². The van der Waals surface area contributed by atoms with Crippen LogP contribution >= 0.6 is 23.2 Å². The zero-order chi connectivity index (χ0) is 45.9. The summed E-state index contributed by atoms with van der Waals surface area (Å²) in [7, 11) is 1.80. The third-order valence-electron chi connectivity index (χ3n) is 17.7. The second-order valence-electron chi connectivity index (χ2n) is 22.3. The highest BCUT2D eigenvalue weighted by Crippen LogP contribution is 2.65. The van der Waals surface area contributed by atoms with Crippen LogP contribution in [0.25, 0.3) is 28.0 Å². The van der Waals surface area contributed by atoms with Crippen molar-refractivity contribution in [2.45, 2.75) is 107 Å². The highest BCUT2D eigenvalue weighted by Gasteiger charge is 2.61. The molecule has 7 heterocycles. The summed E-state index contributed by atoms with van der Waals surface area (Å²) in [5.74, 6) is 2.65. The molecular formula is C48H53Cl2N13O5. The molecule has 8 bridgehead atoms. The molecule has 68 heavy (non-hydrogen) atoms. The fourth-order valence-corrected chi connectivity index (χ4v) is 16.5. The Kier molecular flexibility index (Phi) is 9.03. The van der Waals surface area contributed by atoms with Gasteiger partial charge in [0.2, 0.25) is 11.9 Å². The van der Waals surface area contributed by atoms with Crippen LogP contribution < -0.4 is 22.0 Å². The van der Waals surface area contributed by atoms with Crippen molar-refractivity contribution >= 4 is 68.8 Å². The van der Waals surface area contributed by atoms with Gasteiger partial charge in [0.15, 0.2) is 16.9 Å². The summed E-state index contributed by atoms with van der Waals surface area (Å²) >= 11 is 13.4. The van der Waals surface area contributed by atoms with Crippen LogP contribution in [0.5, 0.6) is 0 Å². The van der Waals surface area contributed by atoms with Gasteiger partial charge in [-0.25, -0.2) is 29.1 Å². The summed E-state index contributed by atoms with van der Waals surface area (Å²) in [5.41, 5.74) is 2.75. The molecule has 16 rings (SSSR count). The summed E-state index contributed by atoms with van der Waals surface area (Å²) in [6.07, 6.45) is 22.9. The lowest BCUT2D eigenvalue weighted by atomic mass is 9.47. The molecule has 0 amide bonds. The van der Waals surface area contributed by atoms with E-state index < -0.39 is 11.1 Å². The average molecular weight is 963 g/mol. The van der Waals surface area contributed by atoms with Crippen LogP contribution in [0.1, 0.15) is 83.5 Å². The van der Waals surface area contributed by atoms with E-state index in [0.717, 1.165) is 89.2 Å². The summed E-state index contributed by atoms with van der Waals surface area (Å²) in [6, 6.07) is 1.72. The predicted molar refractivity (Wildman–Crippen MR) is 253 cm³/mol. The lowest BCUT2D eigenvalue weighted by Gasteiger charge is -2.62. The molecule has 6 atom stereocenters. The van der Waals surface area contributed by atoms with Crippen molar-refractivity contribution in [1.29, 1.82) is 0 Å². The molecule has 3 N–H and O–H groups in total. The number of fused-ring (bicyclic) bond motifs is 4. The molecule has 10 aliphatic rings. The van der Waals surface area contributed by atoms with E-state index in [1.807, 2.05) is 15.2 Å². The van der Waals surface area contributed by atoms with Crippen LogP contribution in [-0.4, -0.2) is 83.8 Å². The standard InChI is InChI=1S/C48H53Cl2N13O5/c1-59-35-17-51-41(55-33-6-30-2-3-68-37(30)7-31(33)49)57-39(35)62(43(59)65)48-15-28-5-29(16-48)12-46(11-28,21-48)23-67-25-60-36-18-52-42(56-34-19-61-38(8-32(34)50)53-24-54-61)58-40(36)63(44(60)66)47-13-26-4-27(14-47)10-45(9-26,20-47)22-64/h6-8,17-19,24,26-30,37,64H,2-5,9-16,20-23,25H2,1H3,(H,51,55,57)(H,52,56,58). The van der Waals surface area contributed by atoms with E-state index in [-0.39, 0.29) is 47.6 Å². The van der Waals surface area contributed by atoms with Crippen LogP contribution in [0.15, 0.2) is 63.5 Å². The minimum Gasteiger partial charge on any atom is -0.396 e. The molecule has 354 valence electrons. The lowest BCUT2D eigenvalue weighted by Crippen LogP contribution is -2.60. The highest BCUT2D eigenvalue weighted by atomic mass is 35.5. The molecule has 6 aromatic heterocycles. The van der Waals surface area contributed by atoms with Crippen molar-refractivity contribution in [2.75, 3.05) is 30.5 Å². The zero-order valence-electron chi connectivity index (χ0n) is 37.8. The highest BCUT2D eigenvalue weighted by molar-refractivity contribution is 6.33. The quantitative estimate of drug-likeness (QED) is 0.126. The molecule has 8 saturated carbocycles. The number of rotatable bonds is 11. The van der Waals surface area contributed by atoms with E-state index in [0.29, 0.717) is 92.5 Å². The summed E-state index contributed by atoms with van der Waals surface area (Å²) < 4.78 is 21.6. The second kappa shape index (κ2) is 14.7. The number of allylic oxidation sites excluding steroid dienone is 1. The monoisotopic (exact) mass is 961 g/mol. The molecular weight excluding hydrogens is 910 g/mol. The molecule has 6 aromatic rings. The van der Waals surface area contributed by atoms with E-state index in [4.69, 9.17) is 47.6 Å². The Morgan fingerprint density at radius 2 is 1.47 bits per heavy atom. The number of imidazole rings is 2. The summed E-state index contributed by atoms with van der Waals surface area (Å²) in [5, 5.41) is 22.8. The van der Waals surface area contributed by atoms with Gasteiger partial charge in [-0.15, -0.1) is 0 Å². The maximum Gasteiger partial charge on any atom is 0.332 e. The van der Waals surface area contributed by atoms with E-state index in [9.17, 15) is 9.90 Å². The number of ether oxygens (including phenoxy) is 2. The molecule has 0 aromatic carbocycles. The largest absolute Gasteiger partial charge is 0.396 e. The Balaban J connectivity index is 0.788. The first-order valence-electron chi connectivity index (χ1n) is 24.3. The number of aromatic nitrogens is 11. The van der Waals surface area contributed by atoms with Gasteiger partial charge < -0.3 is 25.2 Å². The normalized spacial score (nSPS) is 34.4. The molecule has 0 radical (unpaired) electrons. The Hall–Kier alpha value is -5.14. The summed E-state index contributed by atoms with van der Waals surface area (Å²) in [6.45, 7) is 1.29. The Labute approximate surface area is 399 Å². The number of pyridine rings is 1. The van der Waals surface area contributed by atoms with E-state index in [1.54, 1.807) is 45.4 Å². The number of aryl methyl sites for hydroxylation is 1. The molecule has 1 saturated heterocycles. The topological polar surface area (TPSA) is 198 Å². The van der Waals surface area contributed by atoms with E-state index in [2.05, 4.69) is 31.8 Å². The van der Waals surface area contributed by atoms with Gasteiger partial charge in [-0.3, -0.25) is 18.3 Å². The number of nitrogens with zero attached hydrogens (tertiary/aromatic N) is 11. The molecule has 1 aliphatic heterocycles. The molecule has 20 heteroatoms. The fraction of sp³-hybridized carbons (Fsp3) is 0.583. The first kappa shape index (κ1) is 41.8. The van der Waals surface area contributed by atoms with Crippen molar-refractivity contribution < 1.29 is 14.6 Å². The van der Waals surface area contributed by atoms with Crippen LogP contribution in [0, 0.1) is 40.4 Å². The minimum absolute atomic E-state index is 0.0180. The van der Waals surface area contributed by atoms with Crippen LogP contribution in [0.4, 0.5) is 17.6 Å². The SMILES string of the molecule is Cn1c(=O)n(C23CC4CC(CC(COCn5c(=O)n(C67CC8CC(CC(CO)(C8)C6)C7)c6nc(Nc7cn8ncnc8cc7Cl)ncc65)(C4)C2)C3)c2nc(NC3=CC4CCOC4C=C3Cl)ncc21. The molecule has 0 spiro atoms. The van der Waals surface area contributed by atoms with Gasteiger partial charge in [0.05, 0.1) is 63.8 Å². The van der Waals surface area contributed by atoms with Gasteiger partial charge in [-0.05, 0) is 124 Å². The molecule has 9 aliphatic carbocycles. The molecule has 6 unspecified atom stereocenters. The zero-order valence-corrected chi connectivity index (χ0v) is 39.3. The first-order valence-corrected chi connectivity index (χ1v) is 25.0. The number of hydrogen-bond donors (Lipinski definition) is 3. The van der Waals surface area contributed by atoms with Gasteiger partial charge >= 0.3 is 11.4 Å². The van der Waals surface area contributed by atoms with Crippen LogP contribution in [-0.2, 0) is 34.3 Å². The van der Waals surface area contributed by atoms with Gasteiger partial charge in [-0.1, -0.05) is 29.3 Å². The van der Waals surface area contributed by atoms with Gasteiger partial charge in [0.25, 0.3) is 0 Å².